The number of anilines is 1. The van der Waals surface area contributed by atoms with Crippen molar-refractivity contribution in [1.29, 1.82) is 0 Å². The van der Waals surface area contributed by atoms with Crippen molar-refractivity contribution >= 4 is 17.6 Å². The third-order valence-corrected chi connectivity index (χ3v) is 3.51. The molecule has 1 aromatic carbocycles. The van der Waals surface area contributed by atoms with Crippen molar-refractivity contribution in [3.63, 3.8) is 0 Å². The van der Waals surface area contributed by atoms with Gasteiger partial charge in [-0.1, -0.05) is 0 Å². The molecule has 0 unspecified atom stereocenters. The zero-order valence-electron chi connectivity index (χ0n) is 15.1. The van der Waals surface area contributed by atoms with Crippen LogP contribution in [0.2, 0.25) is 0 Å². The quantitative estimate of drug-likeness (QED) is 0.865. The first kappa shape index (κ1) is 18.6. The number of hydrogen-bond acceptors (Lipinski definition) is 3. The summed E-state index contributed by atoms with van der Waals surface area (Å²) in [5.41, 5.74) is 1.84. The molecule has 134 valence electrons. The molecule has 1 heterocycles. The van der Waals surface area contributed by atoms with Gasteiger partial charge in [0, 0.05) is 28.9 Å². The molecule has 0 atom stereocenters. The average molecular weight is 343 g/mol. The van der Waals surface area contributed by atoms with E-state index in [9.17, 15) is 9.59 Å². The Hall–Kier alpha value is -2.76. The Balaban J connectivity index is 1.97. The minimum atomic E-state index is -0.293. The molecule has 25 heavy (non-hydrogen) atoms. The maximum absolute atomic E-state index is 12.4. The molecule has 3 amide bonds. The number of benzene rings is 1. The van der Waals surface area contributed by atoms with Gasteiger partial charge in [0.15, 0.2) is 0 Å². The molecular formula is C19H25N3O3. The van der Waals surface area contributed by atoms with Gasteiger partial charge in [0.2, 0.25) is 0 Å². The van der Waals surface area contributed by atoms with Gasteiger partial charge in [0.1, 0.15) is 0 Å². The van der Waals surface area contributed by atoms with Crippen LogP contribution in [0.15, 0.2) is 47.3 Å². The van der Waals surface area contributed by atoms with Crippen molar-refractivity contribution in [2.45, 2.75) is 39.8 Å². The SMILES string of the molecule is CCN(Cc1ccoc1)C(=O)Nc1ccc(C(=O)NC(C)(C)C)cc1. The topological polar surface area (TPSA) is 74.6 Å². The van der Waals surface area contributed by atoms with Gasteiger partial charge in [0.05, 0.1) is 19.1 Å². The maximum Gasteiger partial charge on any atom is 0.322 e. The first-order chi connectivity index (χ1) is 11.8. The Bertz CT molecular complexity index is 701. The van der Waals surface area contributed by atoms with Crippen LogP contribution in [0, 0.1) is 0 Å². The minimum absolute atomic E-state index is 0.138. The summed E-state index contributed by atoms with van der Waals surface area (Å²) in [7, 11) is 0. The van der Waals surface area contributed by atoms with Crippen molar-refractivity contribution < 1.29 is 14.0 Å². The highest BCUT2D eigenvalue weighted by molar-refractivity contribution is 5.95. The predicted molar refractivity (Wildman–Crippen MR) is 97.5 cm³/mol. The van der Waals surface area contributed by atoms with E-state index in [1.54, 1.807) is 41.7 Å². The summed E-state index contributed by atoms with van der Waals surface area (Å²) in [4.78, 5) is 26.2. The van der Waals surface area contributed by atoms with E-state index in [0.29, 0.717) is 24.3 Å². The average Bonchev–Trinajstić information content (AvgIpc) is 3.04. The monoisotopic (exact) mass is 343 g/mol. The van der Waals surface area contributed by atoms with Crippen LogP contribution in [0.3, 0.4) is 0 Å². The number of hydrogen-bond donors (Lipinski definition) is 2. The zero-order chi connectivity index (χ0) is 18.4. The summed E-state index contributed by atoms with van der Waals surface area (Å²) in [6.07, 6.45) is 3.21. The number of carbonyl (C=O) groups is 2. The van der Waals surface area contributed by atoms with Crippen LogP contribution in [0.4, 0.5) is 10.5 Å². The highest BCUT2D eigenvalue weighted by Crippen LogP contribution is 2.13. The molecule has 0 aliphatic heterocycles. The highest BCUT2D eigenvalue weighted by Gasteiger charge is 2.16. The maximum atomic E-state index is 12.4. The van der Waals surface area contributed by atoms with Crippen molar-refractivity contribution in [3.8, 4) is 0 Å². The van der Waals surface area contributed by atoms with Crippen LogP contribution < -0.4 is 10.6 Å². The largest absolute Gasteiger partial charge is 0.472 e. The van der Waals surface area contributed by atoms with Crippen LogP contribution in [-0.4, -0.2) is 28.9 Å². The predicted octanol–water partition coefficient (Wildman–Crippen LogP) is 3.86. The molecule has 0 bridgehead atoms. The molecule has 0 fully saturated rings. The lowest BCUT2D eigenvalue weighted by molar-refractivity contribution is 0.0919. The number of furan rings is 1. The lowest BCUT2D eigenvalue weighted by Gasteiger charge is -2.21. The Morgan fingerprint density at radius 2 is 1.80 bits per heavy atom. The van der Waals surface area contributed by atoms with E-state index in [-0.39, 0.29) is 17.5 Å². The molecular weight excluding hydrogens is 318 g/mol. The molecule has 2 N–H and O–H groups in total. The first-order valence-corrected chi connectivity index (χ1v) is 8.28. The number of nitrogens with zero attached hydrogens (tertiary/aromatic N) is 1. The second-order valence-electron chi connectivity index (χ2n) is 6.86. The normalized spacial score (nSPS) is 11.0. The molecule has 0 saturated carbocycles. The fourth-order valence-corrected chi connectivity index (χ4v) is 2.25. The van der Waals surface area contributed by atoms with Crippen molar-refractivity contribution in [3.05, 3.63) is 54.0 Å². The third kappa shape index (κ3) is 5.67. The number of nitrogens with one attached hydrogen (secondary N) is 2. The molecule has 6 nitrogen and oxygen atoms in total. The minimum Gasteiger partial charge on any atom is -0.472 e. The Labute approximate surface area is 148 Å². The van der Waals surface area contributed by atoms with E-state index in [1.807, 2.05) is 33.8 Å². The number of carbonyl (C=O) groups excluding carboxylic acids is 2. The van der Waals surface area contributed by atoms with E-state index in [4.69, 9.17) is 4.42 Å². The molecule has 1 aromatic heterocycles. The van der Waals surface area contributed by atoms with Gasteiger partial charge in [-0.25, -0.2) is 4.79 Å². The van der Waals surface area contributed by atoms with Gasteiger partial charge in [-0.05, 0) is 58.0 Å². The summed E-state index contributed by atoms with van der Waals surface area (Å²) in [5, 5.41) is 5.75. The first-order valence-electron chi connectivity index (χ1n) is 8.28. The number of urea groups is 1. The van der Waals surface area contributed by atoms with Crippen LogP contribution in [0.25, 0.3) is 0 Å². The fourth-order valence-electron chi connectivity index (χ4n) is 2.25. The van der Waals surface area contributed by atoms with E-state index < -0.39 is 0 Å². The third-order valence-electron chi connectivity index (χ3n) is 3.51. The summed E-state index contributed by atoms with van der Waals surface area (Å²) in [5.74, 6) is -0.138. The Morgan fingerprint density at radius 1 is 1.12 bits per heavy atom. The second kappa shape index (κ2) is 7.88. The lowest BCUT2D eigenvalue weighted by Crippen LogP contribution is -2.40. The second-order valence-corrected chi connectivity index (χ2v) is 6.86. The van der Waals surface area contributed by atoms with Gasteiger partial charge >= 0.3 is 6.03 Å². The molecule has 2 aromatic rings. The van der Waals surface area contributed by atoms with Gasteiger partial charge in [0.25, 0.3) is 5.91 Å². The molecule has 0 saturated heterocycles. The molecule has 0 aliphatic carbocycles. The standard InChI is InChI=1S/C19H25N3O3/c1-5-22(12-14-10-11-25-13-14)18(24)20-16-8-6-15(7-9-16)17(23)21-19(2,3)4/h6-11,13H,5,12H2,1-4H3,(H,20,24)(H,21,23). The Kier molecular flexibility index (Phi) is 5.85. The summed E-state index contributed by atoms with van der Waals surface area (Å²) in [6.45, 7) is 8.75. The lowest BCUT2D eigenvalue weighted by atomic mass is 10.1. The van der Waals surface area contributed by atoms with Crippen LogP contribution in [0.5, 0.6) is 0 Å². The van der Waals surface area contributed by atoms with Gasteiger partial charge in [-0.2, -0.15) is 0 Å². The molecule has 0 spiro atoms. The van der Waals surface area contributed by atoms with E-state index in [0.717, 1.165) is 5.56 Å². The number of rotatable bonds is 5. The molecule has 6 heteroatoms. The molecule has 0 radical (unpaired) electrons. The summed E-state index contributed by atoms with van der Waals surface area (Å²) in [6, 6.07) is 8.48. The zero-order valence-corrected chi connectivity index (χ0v) is 15.1. The van der Waals surface area contributed by atoms with Gasteiger partial charge in [-0.3, -0.25) is 4.79 Å². The number of amides is 3. The van der Waals surface area contributed by atoms with Crippen molar-refractivity contribution in [2.75, 3.05) is 11.9 Å². The highest BCUT2D eigenvalue weighted by atomic mass is 16.3. The van der Waals surface area contributed by atoms with Gasteiger partial charge in [-0.15, -0.1) is 0 Å². The Morgan fingerprint density at radius 3 is 2.32 bits per heavy atom. The van der Waals surface area contributed by atoms with E-state index in [1.165, 1.54) is 0 Å². The molecule has 2 rings (SSSR count). The molecule has 0 aliphatic rings. The summed E-state index contributed by atoms with van der Waals surface area (Å²) >= 11 is 0. The van der Waals surface area contributed by atoms with Crippen LogP contribution >= 0.6 is 0 Å². The van der Waals surface area contributed by atoms with Crippen molar-refractivity contribution in [2.24, 2.45) is 0 Å². The van der Waals surface area contributed by atoms with Crippen LogP contribution in [0.1, 0.15) is 43.6 Å². The van der Waals surface area contributed by atoms with Gasteiger partial charge < -0.3 is 20.0 Å². The van der Waals surface area contributed by atoms with E-state index >= 15 is 0 Å². The fraction of sp³-hybridized carbons (Fsp3) is 0.368. The smallest absolute Gasteiger partial charge is 0.322 e. The van der Waals surface area contributed by atoms with Crippen LogP contribution in [-0.2, 0) is 6.54 Å². The van der Waals surface area contributed by atoms with Crippen molar-refractivity contribution in [1.82, 2.24) is 10.2 Å². The van der Waals surface area contributed by atoms with E-state index in [2.05, 4.69) is 10.6 Å². The summed E-state index contributed by atoms with van der Waals surface area (Å²) < 4.78 is 5.03.